The van der Waals surface area contributed by atoms with E-state index in [1.165, 1.54) is 31.5 Å². The lowest BCUT2D eigenvalue weighted by Crippen LogP contribution is -2.32. The SMILES string of the molecule is COc1ccc(NC(=O)C(=O)N/N=C\c2ccc(OC(=O)c3ccccc3)cc2OC(=O)c2ccccc2)cc1. The van der Waals surface area contributed by atoms with Gasteiger partial charge in [-0.1, -0.05) is 36.4 Å². The number of nitrogens with one attached hydrogen (secondary N) is 2. The van der Waals surface area contributed by atoms with Gasteiger partial charge >= 0.3 is 23.8 Å². The maximum atomic E-state index is 12.7. The van der Waals surface area contributed by atoms with E-state index < -0.39 is 23.8 Å². The Labute approximate surface area is 229 Å². The van der Waals surface area contributed by atoms with Crippen molar-refractivity contribution >= 4 is 35.7 Å². The van der Waals surface area contributed by atoms with Crippen molar-refractivity contribution < 1.29 is 33.4 Å². The second kappa shape index (κ2) is 13.2. The first-order valence-electron chi connectivity index (χ1n) is 11.9. The normalized spacial score (nSPS) is 10.4. The van der Waals surface area contributed by atoms with Crippen molar-refractivity contribution in [2.45, 2.75) is 0 Å². The van der Waals surface area contributed by atoms with Gasteiger partial charge in [0.1, 0.15) is 17.2 Å². The molecule has 0 bridgehead atoms. The maximum Gasteiger partial charge on any atom is 0.343 e. The number of rotatable bonds is 8. The van der Waals surface area contributed by atoms with Gasteiger partial charge in [-0.25, -0.2) is 15.0 Å². The number of benzene rings is 4. The number of hydrazone groups is 1. The molecule has 2 amide bonds. The summed E-state index contributed by atoms with van der Waals surface area (Å²) in [6.07, 6.45) is 1.19. The van der Waals surface area contributed by atoms with E-state index in [0.29, 0.717) is 22.6 Å². The number of anilines is 1. The Morgan fingerprint density at radius 3 is 1.85 bits per heavy atom. The average molecular weight is 538 g/mol. The maximum absolute atomic E-state index is 12.7. The predicted octanol–water partition coefficient (Wildman–Crippen LogP) is 4.22. The highest BCUT2D eigenvalue weighted by Crippen LogP contribution is 2.26. The van der Waals surface area contributed by atoms with Crippen LogP contribution in [0.15, 0.2) is 108 Å². The summed E-state index contributed by atoms with van der Waals surface area (Å²) in [5.41, 5.74) is 3.41. The van der Waals surface area contributed by atoms with Crippen LogP contribution in [0.25, 0.3) is 0 Å². The molecule has 2 N–H and O–H groups in total. The lowest BCUT2D eigenvalue weighted by Gasteiger charge is -2.10. The van der Waals surface area contributed by atoms with E-state index in [1.54, 1.807) is 84.9 Å². The monoisotopic (exact) mass is 537 g/mol. The van der Waals surface area contributed by atoms with Gasteiger partial charge in [-0.3, -0.25) is 9.59 Å². The van der Waals surface area contributed by atoms with Crippen molar-refractivity contribution in [3.05, 3.63) is 120 Å². The van der Waals surface area contributed by atoms with Gasteiger partial charge in [0.05, 0.1) is 24.5 Å². The van der Waals surface area contributed by atoms with Crippen molar-refractivity contribution in [3.63, 3.8) is 0 Å². The van der Waals surface area contributed by atoms with Gasteiger partial charge in [0, 0.05) is 17.3 Å². The molecule has 0 spiro atoms. The Morgan fingerprint density at radius 2 is 1.25 bits per heavy atom. The summed E-state index contributed by atoms with van der Waals surface area (Å²) in [4.78, 5) is 49.6. The molecular formula is C30H23N3O7. The lowest BCUT2D eigenvalue weighted by molar-refractivity contribution is -0.136. The van der Waals surface area contributed by atoms with Crippen LogP contribution in [0, 0.1) is 0 Å². The summed E-state index contributed by atoms with van der Waals surface area (Å²) < 4.78 is 16.0. The van der Waals surface area contributed by atoms with Crippen LogP contribution in [0.1, 0.15) is 26.3 Å². The molecule has 0 saturated carbocycles. The van der Waals surface area contributed by atoms with Crippen molar-refractivity contribution in [1.82, 2.24) is 5.43 Å². The van der Waals surface area contributed by atoms with Crippen LogP contribution in [0.3, 0.4) is 0 Å². The second-order valence-electron chi connectivity index (χ2n) is 8.09. The fourth-order valence-electron chi connectivity index (χ4n) is 3.32. The third-order valence-electron chi connectivity index (χ3n) is 5.34. The fourth-order valence-corrected chi connectivity index (χ4v) is 3.32. The van der Waals surface area contributed by atoms with Crippen LogP contribution < -0.4 is 25.0 Å². The summed E-state index contributed by atoms with van der Waals surface area (Å²) in [7, 11) is 1.51. The fraction of sp³-hybridized carbons (Fsp3) is 0.0333. The number of carbonyl (C=O) groups excluding carboxylic acids is 4. The molecular weight excluding hydrogens is 514 g/mol. The standard InChI is InChI=1S/C30H23N3O7/c1-38-24-16-13-23(14-17-24)32-27(34)28(35)33-31-19-22-12-15-25(39-29(36)20-8-4-2-5-9-20)18-26(22)40-30(37)21-10-6-3-7-11-21/h2-19H,1H3,(H,32,34)(H,33,35)/b31-19-. The van der Waals surface area contributed by atoms with Gasteiger partial charge in [0.2, 0.25) is 0 Å². The Balaban J connectivity index is 1.48. The first-order valence-corrected chi connectivity index (χ1v) is 11.9. The van der Waals surface area contributed by atoms with Crippen LogP contribution in [-0.4, -0.2) is 37.1 Å². The van der Waals surface area contributed by atoms with E-state index in [9.17, 15) is 19.2 Å². The Morgan fingerprint density at radius 1 is 0.675 bits per heavy atom. The van der Waals surface area contributed by atoms with Gasteiger partial charge in [-0.05, 0) is 60.7 Å². The highest BCUT2D eigenvalue weighted by atomic mass is 16.5. The number of amides is 2. The molecule has 0 fully saturated rings. The topological polar surface area (TPSA) is 132 Å². The molecule has 0 aromatic heterocycles. The van der Waals surface area contributed by atoms with E-state index in [2.05, 4.69) is 15.8 Å². The molecule has 200 valence electrons. The molecule has 0 heterocycles. The summed E-state index contributed by atoms with van der Waals surface area (Å²) in [6, 6.07) is 27.4. The number of carbonyl (C=O) groups is 4. The van der Waals surface area contributed by atoms with Crippen LogP contribution in [-0.2, 0) is 9.59 Å². The van der Waals surface area contributed by atoms with Gasteiger partial charge in [0.25, 0.3) is 0 Å². The zero-order valence-electron chi connectivity index (χ0n) is 21.2. The summed E-state index contributed by atoms with van der Waals surface area (Å²) in [5.74, 6) is -2.51. The van der Waals surface area contributed by atoms with E-state index in [0.717, 1.165) is 0 Å². The molecule has 0 aliphatic carbocycles. The van der Waals surface area contributed by atoms with Crippen LogP contribution in [0.5, 0.6) is 17.2 Å². The van der Waals surface area contributed by atoms with Crippen LogP contribution in [0.2, 0.25) is 0 Å². The van der Waals surface area contributed by atoms with Gasteiger partial charge < -0.3 is 19.5 Å². The Hall–Kier alpha value is -5.77. The molecule has 0 radical (unpaired) electrons. The quantitative estimate of drug-likeness (QED) is 0.113. The first kappa shape index (κ1) is 27.3. The van der Waals surface area contributed by atoms with Crippen molar-refractivity contribution in [2.24, 2.45) is 5.10 Å². The molecule has 4 rings (SSSR count). The molecule has 4 aromatic rings. The highest BCUT2D eigenvalue weighted by molar-refractivity contribution is 6.39. The predicted molar refractivity (Wildman–Crippen MR) is 147 cm³/mol. The minimum atomic E-state index is -1.02. The number of hydrogen-bond donors (Lipinski definition) is 2. The summed E-state index contributed by atoms with van der Waals surface area (Å²) >= 11 is 0. The molecule has 4 aromatic carbocycles. The third kappa shape index (κ3) is 7.39. The van der Waals surface area contributed by atoms with E-state index in [1.807, 2.05) is 0 Å². The number of hydrogen-bond acceptors (Lipinski definition) is 8. The van der Waals surface area contributed by atoms with E-state index in [-0.39, 0.29) is 17.1 Å². The van der Waals surface area contributed by atoms with Crippen LogP contribution >= 0.6 is 0 Å². The molecule has 0 saturated heterocycles. The smallest absolute Gasteiger partial charge is 0.343 e. The average Bonchev–Trinajstić information content (AvgIpc) is 2.99. The molecule has 0 aliphatic heterocycles. The Bertz CT molecular complexity index is 1540. The molecule has 40 heavy (non-hydrogen) atoms. The summed E-state index contributed by atoms with van der Waals surface area (Å²) in [5, 5.41) is 6.24. The van der Waals surface area contributed by atoms with Gasteiger partial charge in [0.15, 0.2) is 0 Å². The molecule has 10 heteroatoms. The minimum absolute atomic E-state index is 0.00731. The number of nitrogens with zero attached hydrogens (tertiary/aromatic N) is 1. The van der Waals surface area contributed by atoms with Gasteiger partial charge in [-0.2, -0.15) is 5.10 Å². The van der Waals surface area contributed by atoms with E-state index in [4.69, 9.17) is 14.2 Å². The molecule has 0 atom stereocenters. The number of methoxy groups -OCH3 is 1. The minimum Gasteiger partial charge on any atom is -0.497 e. The van der Waals surface area contributed by atoms with Crippen molar-refractivity contribution in [2.75, 3.05) is 12.4 Å². The largest absolute Gasteiger partial charge is 0.497 e. The highest BCUT2D eigenvalue weighted by Gasteiger charge is 2.16. The molecule has 0 aliphatic rings. The second-order valence-corrected chi connectivity index (χ2v) is 8.09. The summed E-state index contributed by atoms with van der Waals surface area (Å²) in [6.45, 7) is 0. The number of ether oxygens (including phenoxy) is 3. The lowest BCUT2D eigenvalue weighted by atomic mass is 10.2. The molecule has 10 nitrogen and oxygen atoms in total. The molecule has 0 unspecified atom stereocenters. The van der Waals surface area contributed by atoms with E-state index >= 15 is 0 Å². The first-order chi connectivity index (χ1) is 19.4. The third-order valence-corrected chi connectivity index (χ3v) is 5.34. The zero-order valence-corrected chi connectivity index (χ0v) is 21.2. The van der Waals surface area contributed by atoms with Gasteiger partial charge in [-0.15, -0.1) is 0 Å². The van der Waals surface area contributed by atoms with Crippen molar-refractivity contribution in [3.8, 4) is 17.2 Å². The van der Waals surface area contributed by atoms with Crippen molar-refractivity contribution in [1.29, 1.82) is 0 Å². The zero-order chi connectivity index (χ0) is 28.3. The van der Waals surface area contributed by atoms with Crippen LogP contribution in [0.4, 0.5) is 5.69 Å². The number of esters is 2. The Kier molecular flexibility index (Phi) is 8.97.